The fourth-order valence-electron chi connectivity index (χ4n) is 3.60. The lowest BCUT2D eigenvalue weighted by atomic mass is 10.1. The first-order valence-corrected chi connectivity index (χ1v) is 12.0. The van der Waals surface area contributed by atoms with Gasteiger partial charge in [0, 0.05) is 36.1 Å². The van der Waals surface area contributed by atoms with Gasteiger partial charge in [-0.05, 0) is 36.2 Å². The minimum absolute atomic E-state index is 0.0183. The number of hydrogen-bond acceptors (Lipinski definition) is 8. The second kappa shape index (κ2) is 10.3. The van der Waals surface area contributed by atoms with E-state index in [9.17, 15) is 14.0 Å². The molecule has 0 spiro atoms. The molecule has 5 heterocycles. The molecule has 5 aromatic heterocycles. The number of carbonyl (C=O) groups excluding carboxylic acids is 1. The maximum absolute atomic E-state index is 14.9. The van der Waals surface area contributed by atoms with Crippen LogP contribution in [-0.2, 0) is 19.5 Å². The second-order valence-corrected chi connectivity index (χ2v) is 9.55. The van der Waals surface area contributed by atoms with Gasteiger partial charge in [0.2, 0.25) is 0 Å². The molecule has 0 saturated heterocycles. The molecule has 0 atom stereocenters. The fourth-order valence-corrected chi connectivity index (χ4v) is 4.62. The molecular weight excluding hydrogens is 507 g/mol. The summed E-state index contributed by atoms with van der Waals surface area (Å²) in [6, 6.07) is 10.0. The molecule has 0 aliphatic carbocycles. The number of pyridine rings is 2. The molecule has 36 heavy (non-hydrogen) atoms. The Morgan fingerprint density at radius 3 is 2.83 bits per heavy atom. The van der Waals surface area contributed by atoms with Gasteiger partial charge in [0.25, 0.3) is 11.5 Å². The molecule has 5 rings (SSSR count). The molecule has 0 amide bonds. The van der Waals surface area contributed by atoms with Gasteiger partial charge in [-0.25, -0.2) is 4.39 Å². The third-order valence-electron chi connectivity index (χ3n) is 5.39. The summed E-state index contributed by atoms with van der Waals surface area (Å²) >= 11 is 7.39. The molecule has 0 unspecified atom stereocenters. The van der Waals surface area contributed by atoms with E-state index in [2.05, 4.69) is 20.6 Å². The van der Waals surface area contributed by atoms with Crippen molar-refractivity contribution in [1.29, 1.82) is 0 Å². The zero-order valence-corrected chi connectivity index (χ0v) is 20.2. The fraction of sp³-hybridized carbons (Fsp3) is 0.125. The predicted molar refractivity (Wildman–Crippen MR) is 133 cm³/mol. The number of nitrogens with one attached hydrogen (secondary N) is 1. The lowest BCUT2D eigenvalue weighted by molar-refractivity contribution is 0.0947. The Labute approximate surface area is 212 Å². The number of hydrogen-bond donors (Lipinski definition) is 1. The van der Waals surface area contributed by atoms with Crippen molar-refractivity contribution in [1.82, 2.24) is 24.5 Å². The van der Waals surface area contributed by atoms with Crippen LogP contribution in [0, 0.1) is 5.82 Å². The van der Waals surface area contributed by atoms with Gasteiger partial charge in [0.15, 0.2) is 0 Å². The highest BCUT2D eigenvalue weighted by Gasteiger charge is 2.22. The quantitative estimate of drug-likeness (QED) is 0.318. The first-order chi connectivity index (χ1) is 17.5. The van der Waals surface area contributed by atoms with Gasteiger partial charge in [0.1, 0.15) is 34.7 Å². The molecule has 12 heteroatoms. The van der Waals surface area contributed by atoms with Gasteiger partial charge in [-0.15, -0.1) is 11.3 Å². The second-order valence-electron chi connectivity index (χ2n) is 7.75. The number of anilines is 1. The highest BCUT2D eigenvalue weighted by Crippen LogP contribution is 2.26. The molecule has 9 nitrogen and oxygen atoms in total. The summed E-state index contributed by atoms with van der Waals surface area (Å²) in [7, 11) is 0. The number of carbonyl (C=O) groups is 1. The smallest absolute Gasteiger partial charge is 0.285 e. The Kier molecular flexibility index (Phi) is 6.74. The number of rotatable bonds is 8. The van der Waals surface area contributed by atoms with Gasteiger partial charge in [-0.3, -0.25) is 14.6 Å². The highest BCUT2D eigenvalue weighted by atomic mass is 35.5. The SMILES string of the molecule is O=C(c1cnoc1)n1nc(-c2c(F)ccn(CCc3cccnc3)c2=O)cc1NCc1ccc(Cl)s1. The molecule has 5 aromatic rings. The van der Waals surface area contributed by atoms with Crippen LogP contribution in [0.15, 0.2) is 76.8 Å². The highest BCUT2D eigenvalue weighted by molar-refractivity contribution is 7.16. The van der Waals surface area contributed by atoms with E-state index in [0.717, 1.165) is 15.1 Å². The zero-order chi connectivity index (χ0) is 25.1. The Hall–Kier alpha value is -4.09. The average molecular weight is 525 g/mol. The Bertz CT molecular complexity index is 1560. The van der Waals surface area contributed by atoms with Crippen molar-refractivity contribution in [2.45, 2.75) is 19.5 Å². The van der Waals surface area contributed by atoms with Crippen molar-refractivity contribution in [2.24, 2.45) is 0 Å². The van der Waals surface area contributed by atoms with E-state index < -0.39 is 17.3 Å². The normalized spacial score (nSPS) is 11.1. The number of aromatic nitrogens is 5. The largest absolute Gasteiger partial charge is 0.365 e. The summed E-state index contributed by atoms with van der Waals surface area (Å²) < 4.78 is 22.8. The molecule has 0 aromatic carbocycles. The first kappa shape index (κ1) is 23.6. The molecule has 1 N–H and O–H groups in total. The van der Waals surface area contributed by atoms with Crippen LogP contribution in [0.4, 0.5) is 10.2 Å². The van der Waals surface area contributed by atoms with E-state index in [4.69, 9.17) is 16.1 Å². The van der Waals surface area contributed by atoms with Crippen LogP contribution in [0.2, 0.25) is 4.34 Å². The average Bonchev–Trinajstić information content (AvgIpc) is 3.64. The Morgan fingerprint density at radius 2 is 2.11 bits per heavy atom. The molecule has 182 valence electrons. The lowest BCUT2D eigenvalue weighted by Crippen LogP contribution is -2.23. The van der Waals surface area contributed by atoms with Crippen LogP contribution >= 0.6 is 22.9 Å². The molecule has 0 fully saturated rings. The molecular formula is C24H18ClFN6O3S. The van der Waals surface area contributed by atoms with Crippen LogP contribution in [0.1, 0.15) is 20.8 Å². The minimum atomic E-state index is -0.740. The van der Waals surface area contributed by atoms with Crippen LogP contribution in [0.25, 0.3) is 11.3 Å². The van der Waals surface area contributed by atoms with E-state index >= 15 is 0 Å². The van der Waals surface area contributed by atoms with Gasteiger partial charge in [-0.1, -0.05) is 22.8 Å². The van der Waals surface area contributed by atoms with Gasteiger partial charge in [-0.2, -0.15) is 9.78 Å². The van der Waals surface area contributed by atoms with Crippen molar-refractivity contribution >= 4 is 34.7 Å². The maximum atomic E-state index is 14.9. The van der Waals surface area contributed by atoms with E-state index in [0.29, 0.717) is 23.8 Å². The molecule has 0 aliphatic heterocycles. The number of halogens is 2. The van der Waals surface area contributed by atoms with E-state index in [1.807, 2.05) is 18.2 Å². The van der Waals surface area contributed by atoms with Crippen LogP contribution in [0.5, 0.6) is 0 Å². The van der Waals surface area contributed by atoms with Crippen molar-refractivity contribution in [3.8, 4) is 11.3 Å². The third-order valence-corrected chi connectivity index (χ3v) is 6.62. The van der Waals surface area contributed by atoms with Crippen LogP contribution in [0.3, 0.4) is 0 Å². The summed E-state index contributed by atoms with van der Waals surface area (Å²) in [6.45, 7) is 0.661. The lowest BCUT2D eigenvalue weighted by Gasteiger charge is -2.08. The van der Waals surface area contributed by atoms with E-state index in [1.165, 1.54) is 46.7 Å². The Balaban J connectivity index is 1.50. The zero-order valence-electron chi connectivity index (χ0n) is 18.6. The van der Waals surface area contributed by atoms with Crippen molar-refractivity contribution < 1.29 is 13.7 Å². The summed E-state index contributed by atoms with van der Waals surface area (Å²) in [6.07, 6.45) is 7.75. The van der Waals surface area contributed by atoms with Crippen LogP contribution < -0.4 is 10.9 Å². The summed E-state index contributed by atoms with van der Waals surface area (Å²) in [5.41, 5.74) is 0.318. The topological polar surface area (TPSA) is 108 Å². The van der Waals surface area contributed by atoms with Crippen molar-refractivity contribution in [2.75, 3.05) is 5.32 Å². The molecule has 0 radical (unpaired) electrons. The summed E-state index contributed by atoms with van der Waals surface area (Å²) in [4.78, 5) is 31.3. The first-order valence-electron chi connectivity index (χ1n) is 10.8. The van der Waals surface area contributed by atoms with E-state index in [-0.39, 0.29) is 22.6 Å². The monoisotopic (exact) mass is 524 g/mol. The standard InChI is InChI=1S/C24H18ClFN6O3S/c25-20-4-3-17(36-20)13-28-21-10-19(30-32(21)23(33)16-12-29-35-14-16)22-18(26)6-9-31(24(22)34)8-5-15-2-1-7-27-11-15/h1-4,6-7,9-12,14,28H,5,8,13H2. The predicted octanol–water partition coefficient (Wildman–Crippen LogP) is 4.49. The summed E-state index contributed by atoms with van der Waals surface area (Å²) in [5, 5.41) is 11.0. The van der Waals surface area contributed by atoms with Crippen molar-refractivity contribution in [3.05, 3.63) is 104 Å². The summed E-state index contributed by atoms with van der Waals surface area (Å²) in [5.74, 6) is -1.02. The number of thiophene rings is 1. The number of aryl methyl sites for hydroxylation is 2. The number of nitrogens with zero attached hydrogens (tertiary/aromatic N) is 5. The van der Waals surface area contributed by atoms with Gasteiger partial charge in [0.05, 0.1) is 17.1 Å². The van der Waals surface area contributed by atoms with Crippen LogP contribution in [-0.4, -0.2) is 30.4 Å². The van der Waals surface area contributed by atoms with Gasteiger partial charge < -0.3 is 14.4 Å². The third kappa shape index (κ3) is 4.97. The minimum Gasteiger partial charge on any atom is -0.365 e. The molecule has 0 bridgehead atoms. The Morgan fingerprint density at radius 1 is 1.22 bits per heavy atom. The van der Waals surface area contributed by atoms with E-state index in [1.54, 1.807) is 18.5 Å². The van der Waals surface area contributed by atoms with Crippen molar-refractivity contribution in [3.63, 3.8) is 0 Å². The molecule has 0 aliphatic rings. The molecule has 0 saturated carbocycles. The maximum Gasteiger partial charge on any atom is 0.285 e. The van der Waals surface area contributed by atoms with Gasteiger partial charge >= 0.3 is 0 Å².